The van der Waals surface area contributed by atoms with Crippen molar-refractivity contribution in [2.24, 2.45) is 0 Å². The van der Waals surface area contributed by atoms with Gasteiger partial charge >= 0.3 is 0 Å². The minimum Gasteiger partial charge on any atom is -0.492 e. The zero-order chi connectivity index (χ0) is 27.1. The maximum absolute atomic E-state index is 13.5. The number of amides is 1. The van der Waals surface area contributed by atoms with E-state index in [0.29, 0.717) is 55.4 Å². The molecule has 0 spiro atoms. The number of rotatable bonds is 5. The first-order chi connectivity index (χ1) is 18.4. The van der Waals surface area contributed by atoms with E-state index in [1.807, 2.05) is 31.2 Å². The van der Waals surface area contributed by atoms with Gasteiger partial charge in [-0.1, -0.05) is 17.5 Å². The normalized spacial score (nSPS) is 16.2. The van der Waals surface area contributed by atoms with E-state index >= 15 is 0 Å². The van der Waals surface area contributed by atoms with Gasteiger partial charge in [-0.2, -0.15) is 5.26 Å². The van der Waals surface area contributed by atoms with Gasteiger partial charge in [0.05, 0.1) is 17.9 Å². The molecule has 0 unspecified atom stereocenters. The molecule has 1 amide bonds. The zero-order valence-electron chi connectivity index (χ0n) is 20.6. The predicted molar refractivity (Wildman–Crippen MR) is 144 cm³/mol. The van der Waals surface area contributed by atoms with Gasteiger partial charge in [0, 0.05) is 72.4 Å². The van der Waals surface area contributed by atoms with Gasteiger partial charge in [0.25, 0.3) is 5.91 Å². The summed E-state index contributed by atoms with van der Waals surface area (Å²) < 4.78 is 19.1. The second-order valence-corrected chi connectivity index (χ2v) is 8.76. The van der Waals surface area contributed by atoms with Gasteiger partial charge in [-0.25, -0.2) is 9.37 Å². The van der Waals surface area contributed by atoms with Crippen LogP contribution in [0.4, 0.5) is 10.2 Å². The van der Waals surface area contributed by atoms with Gasteiger partial charge in [0.1, 0.15) is 23.5 Å². The number of anilines is 1. The van der Waals surface area contributed by atoms with Crippen molar-refractivity contribution in [2.45, 2.75) is 6.92 Å². The van der Waals surface area contributed by atoms with Crippen LogP contribution < -0.4 is 10.2 Å². The molecule has 2 N–H and O–H groups in total. The summed E-state index contributed by atoms with van der Waals surface area (Å²) in [6, 6.07) is 9.75. The van der Waals surface area contributed by atoms with Gasteiger partial charge in [-0.15, -0.1) is 0 Å². The number of carbonyl (C=O) groups is 1. The molecule has 1 aromatic heterocycles. The van der Waals surface area contributed by atoms with Gasteiger partial charge in [0.15, 0.2) is 0 Å². The van der Waals surface area contributed by atoms with E-state index in [2.05, 4.69) is 27.0 Å². The monoisotopic (exact) mass is 530 g/mol. The van der Waals surface area contributed by atoms with Crippen LogP contribution in [0.2, 0.25) is 5.02 Å². The number of nitrogens with zero attached hydrogens (tertiary/aromatic N) is 4. The second-order valence-electron chi connectivity index (χ2n) is 8.32. The van der Waals surface area contributed by atoms with Crippen LogP contribution in [0.1, 0.15) is 18.1 Å². The zero-order valence-corrected chi connectivity index (χ0v) is 21.3. The highest BCUT2D eigenvalue weighted by Crippen LogP contribution is 2.29. The van der Waals surface area contributed by atoms with Crippen molar-refractivity contribution >= 4 is 35.1 Å². The number of aromatic nitrogens is 1. The molecule has 0 atom stereocenters. The molecule has 1 saturated heterocycles. The molecule has 1 fully saturated rings. The molecule has 0 bridgehead atoms. The Morgan fingerprint density at radius 2 is 2.08 bits per heavy atom. The summed E-state index contributed by atoms with van der Waals surface area (Å²) in [5.74, 6) is 5.78. The topological polar surface area (TPSA) is 105 Å². The van der Waals surface area contributed by atoms with E-state index in [1.54, 1.807) is 17.3 Å². The second kappa shape index (κ2) is 12.1. The molecule has 38 heavy (non-hydrogen) atoms. The van der Waals surface area contributed by atoms with E-state index in [0.717, 1.165) is 17.6 Å². The highest BCUT2D eigenvalue weighted by Gasteiger charge is 2.22. The lowest BCUT2D eigenvalue weighted by Crippen LogP contribution is -2.48. The van der Waals surface area contributed by atoms with E-state index in [4.69, 9.17) is 21.7 Å². The molecule has 0 aliphatic carbocycles. The molecule has 2 aliphatic rings. The van der Waals surface area contributed by atoms with Crippen LogP contribution in [-0.2, 0) is 9.53 Å². The van der Waals surface area contributed by atoms with Crippen molar-refractivity contribution in [3.63, 3.8) is 0 Å². The molecule has 4 rings (SSSR count). The van der Waals surface area contributed by atoms with E-state index in [-0.39, 0.29) is 16.5 Å². The molecule has 3 heterocycles. The largest absolute Gasteiger partial charge is 0.492 e. The quantitative estimate of drug-likeness (QED) is 0.345. The summed E-state index contributed by atoms with van der Waals surface area (Å²) in [5, 5.41) is 20.3. The first-order valence-corrected chi connectivity index (χ1v) is 12.2. The Hall–Kier alpha value is -4.60. The van der Waals surface area contributed by atoms with E-state index in [9.17, 15) is 14.4 Å². The number of carbonyl (C=O) groups excluding carboxylic acids is 1. The van der Waals surface area contributed by atoms with Crippen molar-refractivity contribution in [3.05, 3.63) is 87.8 Å². The van der Waals surface area contributed by atoms with Crippen molar-refractivity contribution in [2.75, 3.05) is 37.7 Å². The number of benzene rings is 1. The number of hydrogen-bond donors (Lipinski definition) is 2. The molecular weight excluding hydrogens is 507 g/mol. The average Bonchev–Trinajstić information content (AvgIpc) is 2.93. The maximum Gasteiger partial charge on any atom is 0.298 e. The summed E-state index contributed by atoms with van der Waals surface area (Å²) in [4.78, 5) is 20.9. The fraction of sp³-hybridized carbons (Fsp3) is 0.214. The standard InChI is InChI=1S/C28H24ClFN6O2/c1-2-38-24-14-25(28(34-18-24)21(15-31)16-32)20-4-5-26(33-17-20)35-7-9-36(10-8-35)27(37)6-3-19-11-22(29)13-23(30)12-19/h4-5,11-15,17-18,31,34H,2,7-10H2,1H3/b28-21+,31-15?. The third-order valence-electron chi connectivity index (χ3n) is 5.89. The van der Waals surface area contributed by atoms with Crippen LogP contribution in [0.25, 0.3) is 5.57 Å². The Labute approximate surface area is 225 Å². The Balaban J connectivity index is 1.44. The summed E-state index contributed by atoms with van der Waals surface area (Å²) in [6.45, 7) is 4.46. The fourth-order valence-corrected chi connectivity index (χ4v) is 4.26. The van der Waals surface area contributed by atoms with Crippen molar-refractivity contribution < 1.29 is 13.9 Å². The summed E-state index contributed by atoms with van der Waals surface area (Å²) >= 11 is 5.84. The first kappa shape index (κ1) is 26.5. The number of nitriles is 1. The SMILES string of the molecule is CCOC1=CN/C(=C(/C#N)C=N)C(c2ccc(N3CCN(C(=O)C#Cc4cc(F)cc(Cl)c4)CC3)nc2)=C1. The number of dihydropyridines is 1. The van der Waals surface area contributed by atoms with Crippen LogP contribution >= 0.6 is 11.6 Å². The van der Waals surface area contributed by atoms with Gasteiger partial charge in [-0.3, -0.25) is 4.79 Å². The lowest BCUT2D eigenvalue weighted by Gasteiger charge is -2.34. The Bertz CT molecular complexity index is 1420. The van der Waals surface area contributed by atoms with Crippen LogP contribution in [0.3, 0.4) is 0 Å². The summed E-state index contributed by atoms with van der Waals surface area (Å²) in [5.41, 5.74) is 2.51. The third kappa shape index (κ3) is 6.20. The van der Waals surface area contributed by atoms with Crippen molar-refractivity contribution in [1.82, 2.24) is 15.2 Å². The number of nitrogens with one attached hydrogen (secondary N) is 2. The Kier molecular flexibility index (Phi) is 8.42. The van der Waals surface area contributed by atoms with Crippen LogP contribution in [0.5, 0.6) is 0 Å². The number of piperazine rings is 1. The number of allylic oxidation sites excluding steroid dienone is 3. The van der Waals surface area contributed by atoms with Crippen LogP contribution in [-0.4, -0.2) is 54.8 Å². The Morgan fingerprint density at radius 1 is 1.29 bits per heavy atom. The minimum atomic E-state index is -0.504. The summed E-state index contributed by atoms with van der Waals surface area (Å²) in [7, 11) is 0. The molecule has 1 aromatic carbocycles. The predicted octanol–water partition coefficient (Wildman–Crippen LogP) is 3.87. The molecular formula is C28H24ClFN6O2. The van der Waals surface area contributed by atoms with Crippen LogP contribution in [0, 0.1) is 34.4 Å². The number of pyridine rings is 1. The maximum atomic E-state index is 13.5. The van der Waals surface area contributed by atoms with Crippen molar-refractivity contribution in [1.29, 1.82) is 10.7 Å². The summed E-state index contributed by atoms with van der Waals surface area (Å²) in [6.07, 6.45) is 6.19. The molecule has 192 valence electrons. The fourth-order valence-electron chi connectivity index (χ4n) is 4.04. The van der Waals surface area contributed by atoms with E-state index < -0.39 is 5.82 Å². The molecule has 0 saturated carbocycles. The lowest BCUT2D eigenvalue weighted by atomic mass is 9.98. The lowest BCUT2D eigenvalue weighted by molar-refractivity contribution is -0.125. The number of ether oxygens (including phenoxy) is 1. The Morgan fingerprint density at radius 3 is 2.71 bits per heavy atom. The number of halogens is 2. The van der Waals surface area contributed by atoms with Crippen molar-refractivity contribution in [3.8, 4) is 17.9 Å². The molecule has 2 aromatic rings. The number of hydrogen-bond acceptors (Lipinski definition) is 7. The van der Waals surface area contributed by atoms with Crippen LogP contribution in [0.15, 0.2) is 65.8 Å². The minimum absolute atomic E-state index is 0.191. The molecule has 10 heteroatoms. The molecule has 0 radical (unpaired) electrons. The highest BCUT2D eigenvalue weighted by atomic mass is 35.5. The molecule has 2 aliphatic heterocycles. The van der Waals surface area contributed by atoms with Gasteiger partial charge < -0.3 is 25.3 Å². The van der Waals surface area contributed by atoms with Gasteiger partial charge in [0.2, 0.25) is 0 Å². The van der Waals surface area contributed by atoms with E-state index in [1.165, 1.54) is 18.2 Å². The first-order valence-electron chi connectivity index (χ1n) is 11.9. The highest BCUT2D eigenvalue weighted by molar-refractivity contribution is 6.30. The molecule has 8 nitrogen and oxygen atoms in total. The average molecular weight is 531 g/mol. The smallest absolute Gasteiger partial charge is 0.298 e. The third-order valence-corrected chi connectivity index (χ3v) is 6.10. The van der Waals surface area contributed by atoms with Gasteiger partial charge in [-0.05, 0) is 43.3 Å².